The van der Waals surface area contributed by atoms with Crippen LogP contribution in [0.15, 0.2) is 84.0 Å². The molecule has 2 atom stereocenters. The average Bonchev–Trinajstić information content (AvgIpc) is 3.26. The number of nitrogens with zero attached hydrogens (tertiary/aromatic N) is 3. The monoisotopic (exact) mass is 475 g/mol. The molecule has 5 rings (SSSR count). The Hall–Kier alpha value is -3.85. The van der Waals surface area contributed by atoms with Gasteiger partial charge in [-0.25, -0.2) is 9.07 Å². The van der Waals surface area contributed by atoms with E-state index in [2.05, 4.69) is 20.9 Å². The van der Waals surface area contributed by atoms with Gasteiger partial charge >= 0.3 is 0 Å². The molecule has 1 aliphatic heterocycles. The van der Waals surface area contributed by atoms with Gasteiger partial charge in [0.25, 0.3) is 0 Å². The van der Waals surface area contributed by atoms with E-state index >= 15 is 0 Å². The lowest BCUT2D eigenvalue weighted by Gasteiger charge is -2.33. The lowest BCUT2D eigenvalue weighted by atomic mass is 10.0. The number of carbonyl (C=O) groups excluding carboxylic acids is 1. The molecule has 172 valence electrons. The highest BCUT2D eigenvalue weighted by atomic mass is 32.2. The van der Waals surface area contributed by atoms with Crippen LogP contribution in [0.2, 0.25) is 0 Å². The third kappa shape index (κ3) is 4.74. The van der Waals surface area contributed by atoms with Crippen LogP contribution in [-0.4, -0.2) is 26.0 Å². The Labute approximate surface area is 200 Å². The van der Waals surface area contributed by atoms with Crippen molar-refractivity contribution in [2.75, 3.05) is 10.7 Å². The van der Waals surface area contributed by atoms with Gasteiger partial charge in [0.05, 0.1) is 6.04 Å². The van der Waals surface area contributed by atoms with Gasteiger partial charge in [0.1, 0.15) is 23.4 Å². The van der Waals surface area contributed by atoms with Gasteiger partial charge < -0.3 is 15.5 Å². The number of aromatic nitrogens is 3. The zero-order valence-electron chi connectivity index (χ0n) is 18.3. The molecule has 0 radical (unpaired) electrons. The largest absolute Gasteiger partial charge is 0.486 e. The van der Waals surface area contributed by atoms with Crippen molar-refractivity contribution in [2.45, 2.75) is 30.0 Å². The standard InChI is InChI=1S/C25H22FN5O2S/c1-16-7-9-17(10-8-16)22-23(24(32)27-19-13-11-18(26)12-14-19)34-25-29-28-21(31(25)30-22)15-33-20-5-3-2-4-6-20/h2-14,22-23,30H,15H2,1H3,(H,27,32)/t22-,23-/m1/s1. The maximum atomic E-state index is 13.3. The number of benzene rings is 3. The second-order valence-corrected chi connectivity index (χ2v) is 9.00. The Morgan fingerprint density at radius 3 is 2.53 bits per heavy atom. The van der Waals surface area contributed by atoms with Crippen LogP contribution in [0.1, 0.15) is 23.0 Å². The third-order valence-corrected chi connectivity index (χ3v) is 6.64. The lowest BCUT2D eigenvalue weighted by molar-refractivity contribution is -0.116. The number of aryl methyl sites for hydroxylation is 1. The van der Waals surface area contributed by atoms with Gasteiger partial charge in [-0.3, -0.25) is 4.79 Å². The summed E-state index contributed by atoms with van der Waals surface area (Å²) in [7, 11) is 0. The predicted octanol–water partition coefficient (Wildman–Crippen LogP) is 4.70. The first-order chi connectivity index (χ1) is 16.6. The summed E-state index contributed by atoms with van der Waals surface area (Å²) in [5.74, 6) is 0.754. The fourth-order valence-corrected chi connectivity index (χ4v) is 4.73. The molecule has 3 aromatic carbocycles. The van der Waals surface area contributed by atoms with Crippen molar-refractivity contribution in [3.63, 3.8) is 0 Å². The summed E-state index contributed by atoms with van der Waals surface area (Å²) in [6.07, 6.45) is 0. The Bertz CT molecular complexity index is 1280. The molecule has 1 amide bonds. The first-order valence-corrected chi connectivity index (χ1v) is 11.6. The third-order valence-electron chi connectivity index (χ3n) is 5.42. The molecular weight excluding hydrogens is 453 g/mol. The number of para-hydroxylation sites is 1. The van der Waals surface area contributed by atoms with E-state index in [4.69, 9.17) is 4.74 Å². The van der Waals surface area contributed by atoms with E-state index in [0.717, 1.165) is 16.9 Å². The van der Waals surface area contributed by atoms with Crippen LogP contribution >= 0.6 is 11.8 Å². The zero-order chi connectivity index (χ0) is 23.5. The lowest BCUT2D eigenvalue weighted by Crippen LogP contribution is -2.41. The normalized spacial score (nSPS) is 16.9. The SMILES string of the molecule is Cc1ccc([C@H]2Nn3c(COc4ccccc4)nnc3S[C@H]2C(=O)Nc2ccc(F)cc2)cc1. The summed E-state index contributed by atoms with van der Waals surface area (Å²) in [6, 6.07) is 22.9. The first-order valence-electron chi connectivity index (χ1n) is 10.8. The number of hydrogen-bond donors (Lipinski definition) is 2. The van der Waals surface area contributed by atoms with Crippen molar-refractivity contribution >= 4 is 23.4 Å². The second-order valence-electron chi connectivity index (χ2n) is 7.89. The van der Waals surface area contributed by atoms with Crippen LogP contribution in [0.4, 0.5) is 10.1 Å². The summed E-state index contributed by atoms with van der Waals surface area (Å²) in [5.41, 5.74) is 6.02. The van der Waals surface area contributed by atoms with E-state index in [1.807, 2.05) is 61.5 Å². The average molecular weight is 476 g/mol. The summed E-state index contributed by atoms with van der Waals surface area (Å²) >= 11 is 1.32. The fourth-order valence-electron chi connectivity index (χ4n) is 3.63. The number of rotatable bonds is 6. The number of hydrogen-bond acceptors (Lipinski definition) is 6. The molecule has 2 heterocycles. The molecule has 0 aliphatic carbocycles. The molecule has 0 saturated heterocycles. The summed E-state index contributed by atoms with van der Waals surface area (Å²) in [5, 5.41) is 11.5. The Balaban J connectivity index is 1.41. The summed E-state index contributed by atoms with van der Waals surface area (Å²) in [4.78, 5) is 13.3. The quantitative estimate of drug-likeness (QED) is 0.421. The predicted molar refractivity (Wildman–Crippen MR) is 129 cm³/mol. The smallest absolute Gasteiger partial charge is 0.240 e. The van der Waals surface area contributed by atoms with E-state index < -0.39 is 5.25 Å². The van der Waals surface area contributed by atoms with Crippen molar-refractivity contribution in [3.05, 3.63) is 102 Å². The topological polar surface area (TPSA) is 81.1 Å². The number of halogens is 1. The molecule has 7 nitrogen and oxygen atoms in total. The van der Waals surface area contributed by atoms with Crippen molar-refractivity contribution in [2.24, 2.45) is 0 Å². The number of thioether (sulfide) groups is 1. The number of carbonyl (C=O) groups is 1. The van der Waals surface area contributed by atoms with Crippen LogP contribution in [0.5, 0.6) is 5.75 Å². The fraction of sp³-hybridized carbons (Fsp3) is 0.160. The molecule has 34 heavy (non-hydrogen) atoms. The van der Waals surface area contributed by atoms with Crippen molar-refractivity contribution in [1.82, 2.24) is 14.9 Å². The Kier molecular flexibility index (Phi) is 6.18. The molecule has 0 spiro atoms. The van der Waals surface area contributed by atoms with Crippen LogP contribution in [0.3, 0.4) is 0 Å². The van der Waals surface area contributed by atoms with Gasteiger partial charge in [-0.05, 0) is 48.9 Å². The molecule has 0 unspecified atom stereocenters. The first kappa shape index (κ1) is 22.0. The maximum absolute atomic E-state index is 13.3. The number of ether oxygens (including phenoxy) is 1. The Morgan fingerprint density at radius 1 is 1.06 bits per heavy atom. The van der Waals surface area contributed by atoms with E-state index in [1.54, 1.807) is 4.68 Å². The second kappa shape index (κ2) is 9.56. The highest BCUT2D eigenvalue weighted by Gasteiger charge is 2.38. The molecule has 2 N–H and O–H groups in total. The Morgan fingerprint density at radius 2 is 1.79 bits per heavy atom. The van der Waals surface area contributed by atoms with Crippen LogP contribution in [-0.2, 0) is 11.4 Å². The number of anilines is 1. The van der Waals surface area contributed by atoms with Gasteiger partial charge in [0.15, 0.2) is 5.82 Å². The van der Waals surface area contributed by atoms with Crippen LogP contribution < -0.4 is 15.5 Å². The number of amides is 1. The minimum atomic E-state index is -0.535. The molecule has 0 bridgehead atoms. The van der Waals surface area contributed by atoms with Crippen LogP contribution in [0.25, 0.3) is 0 Å². The van der Waals surface area contributed by atoms with E-state index in [9.17, 15) is 9.18 Å². The molecule has 1 aliphatic rings. The summed E-state index contributed by atoms with van der Waals surface area (Å²) < 4.78 is 20.9. The van der Waals surface area contributed by atoms with Crippen LogP contribution in [0, 0.1) is 12.7 Å². The van der Waals surface area contributed by atoms with Crippen molar-refractivity contribution in [1.29, 1.82) is 0 Å². The van der Waals surface area contributed by atoms with Gasteiger partial charge in [-0.2, -0.15) is 0 Å². The van der Waals surface area contributed by atoms with Gasteiger partial charge in [-0.1, -0.05) is 59.8 Å². The molecule has 4 aromatic rings. The maximum Gasteiger partial charge on any atom is 0.240 e. The van der Waals surface area contributed by atoms with Gasteiger partial charge in [-0.15, -0.1) is 10.2 Å². The van der Waals surface area contributed by atoms with Gasteiger partial charge in [0, 0.05) is 5.69 Å². The highest BCUT2D eigenvalue weighted by molar-refractivity contribution is 8.00. The zero-order valence-corrected chi connectivity index (χ0v) is 19.1. The number of fused-ring (bicyclic) bond motifs is 1. The minimum absolute atomic E-state index is 0.217. The van der Waals surface area contributed by atoms with Crippen molar-refractivity contribution < 1.29 is 13.9 Å². The molecule has 0 saturated carbocycles. The summed E-state index contributed by atoms with van der Waals surface area (Å²) in [6.45, 7) is 2.24. The van der Waals surface area contributed by atoms with E-state index in [1.165, 1.54) is 36.0 Å². The van der Waals surface area contributed by atoms with E-state index in [-0.39, 0.29) is 24.4 Å². The molecule has 0 fully saturated rings. The van der Waals surface area contributed by atoms with E-state index in [0.29, 0.717) is 16.7 Å². The molecule has 1 aromatic heterocycles. The minimum Gasteiger partial charge on any atom is -0.486 e. The van der Waals surface area contributed by atoms with Gasteiger partial charge in [0.2, 0.25) is 11.1 Å². The van der Waals surface area contributed by atoms with Crippen molar-refractivity contribution in [3.8, 4) is 5.75 Å². The number of nitrogens with one attached hydrogen (secondary N) is 2. The highest BCUT2D eigenvalue weighted by Crippen LogP contribution is 2.37. The molecular formula is C25H22FN5O2S. The molecule has 9 heteroatoms.